The van der Waals surface area contributed by atoms with E-state index >= 15 is 0 Å². The highest BCUT2D eigenvalue weighted by atomic mass is 32.1. The molecule has 1 atom stereocenters. The zero-order valence-electron chi connectivity index (χ0n) is 21.6. The van der Waals surface area contributed by atoms with Crippen molar-refractivity contribution in [2.75, 3.05) is 0 Å². The van der Waals surface area contributed by atoms with Gasteiger partial charge in [0.15, 0.2) is 0 Å². The van der Waals surface area contributed by atoms with Crippen LogP contribution >= 0.6 is 11.3 Å². The Labute approximate surface area is 225 Å². The zero-order valence-corrected chi connectivity index (χ0v) is 22.4. The van der Waals surface area contributed by atoms with Gasteiger partial charge in [-0.15, -0.1) is 11.3 Å². The van der Waals surface area contributed by atoms with E-state index in [-0.39, 0.29) is 16.9 Å². The fourth-order valence-electron chi connectivity index (χ4n) is 4.81. The fraction of sp³-hybridized carbons (Fsp3) is 0.300. The Hall–Kier alpha value is -3.91. The lowest BCUT2D eigenvalue weighted by atomic mass is 9.72. The molecule has 0 bridgehead atoms. The third-order valence-electron chi connectivity index (χ3n) is 7.03. The maximum atomic E-state index is 13.4. The van der Waals surface area contributed by atoms with Crippen molar-refractivity contribution in [1.29, 1.82) is 0 Å². The highest BCUT2D eigenvalue weighted by Gasteiger charge is 2.33. The molecule has 1 amide bonds. The van der Waals surface area contributed by atoms with Gasteiger partial charge >= 0.3 is 5.97 Å². The van der Waals surface area contributed by atoms with Crippen LogP contribution in [0.15, 0.2) is 68.6 Å². The van der Waals surface area contributed by atoms with Crippen molar-refractivity contribution >= 4 is 34.4 Å². The van der Waals surface area contributed by atoms with Crippen molar-refractivity contribution in [3.63, 3.8) is 0 Å². The average Bonchev–Trinajstić information content (AvgIpc) is 3.65. The van der Waals surface area contributed by atoms with Crippen LogP contribution in [0.25, 0.3) is 11.3 Å². The molecular weight excluding hydrogens is 500 g/mol. The number of fused-ring (bicyclic) bond motifs is 1. The number of benzene rings is 1. The SMILES string of the molecule is CC(C)(C)[C@@H]1CCc2c(sc(N=Cc3ccc(-c4cccc(C(=O)O)c4)o3)c2C(=O)NCc2ccco2)C1. The number of thiophene rings is 1. The second-order valence-corrected chi connectivity index (χ2v) is 11.7. The van der Waals surface area contributed by atoms with E-state index < -0.39 is 5.97 Å². The summed E-state index contributed by atoms with van der Waals surface area (Å²) in [6.45, 7) is 7.12. The first-order valence-corrected chi connectivity index (χ1v) is 13.4. The molecule has 1 aliphatic carbocycles. The van der Waals surface area contributed by atoms with Gasteiger partial charge in [-0.25, -0.2) is 9.79 Å². The topological polar surface area (TPSA) is 105 Å². The van der Waals surface area contributed by atoms with Gasteiger partial charge in [-0.05, 0) is 72.6 Å². The standard InChI is InChI=1S/C30H30N2O5S/c1-30(2,3)20-9-11-23-25(15-20)38-28(26(23)27(33)31-16-21-8-5-13-36-21)32-17-22-10-12-24(37-22)18-6-4-7-19(14-18)29(34)35/h4-8,10,12-14,17,20H,9,11,15-16H2,1-3H3,(H,31,33)(H,34,35)/t20-/m1/s1. The largest absolute Gasteiger partial charge is 0.478 e. The summed E-state index contributed by atoms with van der Waals surface area (Å²) in [5, 5.41) is 12.9. The number of nitrogens with zero attached hydrogens (tertiary/aromatic N) is 1. The summed E-state index contributed by atoms with van der Waals surface area (Å²) in [7, 11) is 0. The number of hydrogen-bond acceptors (Lipinski definition) is 6. The van der Waals surface area contributed by atoms with Gasteiger partial charge in [-0.1, -0.05) is 32.9 Å². The van der Waals surface area contributed by atoms with Crippen LogP contribution in [0.2, 0.25) is 0 Å². The Balaban J connectivity index is 1.43. The van der Waals surface area contributed by atoms with Crippen molar-refractivity contribution in [1.82, 2.24) is 5.32 Å². The number of carbonyl (C=O) groups is 2. The van der Waals surface area contributed by atoms with E-state index in [1.165, 1.54) is 4.88 Å². The smallest absolute Gasteiger partial charge is 0.335 e. The van der Waals surface area contributed by atoms with E-state index in [1.807, 2.05) is 6.07 Å². The van der Waals surface area contributed by atoms with E-state index in [0.29, 0.717) is 45.9 Å². The summed E-state index contributed by atoms with van der Waals surface area (Å²) in [6.07, 6.45) is 6.02. The van der Waals surface area contributed by atoms with Crippen LogP contribution in [0.3, 0.4) is 0 Å². The number of carboxylic acids is 1. The molecule has 0 unspecified atom stereocenters. The molecule has 0 saturated carbocycles. The Morgan fingerprint density at radius 2 is 2.03 bits per heavy atom. The van der Waals surface area contributed by atoms with E-state index in [9.17, 15) is 14.7 Å². The molecule has 0 spiro atoms. The van der Waals surface area contributed by atoms with Crippen molar-refractivity contribution in [3.05, 3.63) is 87.9 Å². The number of aliphatic imine (C=N–C) groups is 1. The number of aromatic carboxylic acids is 1. The molecule has 1 aliphatic rings. The molecular formula is C30H30N2O5S. The van der Waals surface area contributed by atoms with Crippen LogP contribution in [0.5, 0.6) is 0 Å². The van der Waals surface area contributed by atoms with Crippen molar-refractivity contribution in [2.45, 2.75) is 46.6 Å². The Morgan fingerprint density at radius 1 is 1.18 bits per heavy atom. The summed E-state index contributed by atoms with van der Waals surface area (Å²) in [5.41, 5.74) is 2.76. The second kappa shape index (κ2) is 10.5. The van der Waals surface area contributed by atoms with Crippen molar-refractivity contribution < 1.29 is 23.5 Å². The third kappa shape index (κ3) is 5.50. The quantitative estimate of drug-likeness (QED) is 0.247. The predicted molar refractivity (Wildman–Crippen MR) is 148 cm³/mol. The second-order valence-electron chi connectivity index (χ2n) is 10.6. The molecule has 3 aromatic heterocycles. The first kappa shape index (κ1) is 25.7. The maximum Gasteiger partial charge on any atom is 0.335 e. The first-order valence-electron chi connectivity index (χ1n) is 12.6. The van der Waals surface area contributed by atoms with E-state index in [1.54, 1.807) is 66.3 Å². The summed E-state index contributed by atoms with van der Waals surface area (Å²) < 4.78 is 11.3. The number of amides is 1. The lowest BCUT2D eigenvalue weighted by Gasteiger charge is -2.33. The number of carbonyl (C=O) groups excluding carboxylic acids is 1. The molecule has 0 radical (unpaired) electrons. The summed E-state index contributed by atoms with van der Waals surface area (Å²) in [4.78, 5) is 30.6. The van der Waals surface area contributed by atoms with E-state index in [0.717, 1.165) is 24.8 Å². The average molecular weight is 531 g/mol. The van der Waals surface area contributed by atoms with Crippen LogP contribution in [-0.2, 0) is 19.4 Å². The Kier molecular flexibility index (Phi) is 7.08. The van der Waals surface area contributed by atoms with Crippen LogP contribution in [0.4, 0.5) is 5.00 Å². The van der Waals surface area contributed by atoms with Gasteiger partial charge in [-0.2, -0.15) is 0 Å². The number of hydrogen-bond donors (Lipinski definition) is 2. The maximum absolute atomic E-state index is 13.4. The minimum absolute atomic E-state index is 0.161. The molecule has 0 aliphatic heterocycles. The lowest BCUT2D eigenvalue weighted by molar-refractivity contribution is 0.0696. The summed E-state index contributed by atoms with van der Waals surface area (Å²) >= 11 is 1.57. The molecule has 7 nitrogen and oxygen atoms in total. The van der Waals surface area contributed by atoms with Crippen LogP contribution in [0.1, 0.15) is 69.9 Å². The summed E-state index contributed by atoms with van der Waals surface area (Å²) in [5.74, 6) is 1.14. The molecule has 38 heavy (non-hydrogen) atoms. The number of furan rings is 2. The van der Waals surface area contributed by atoms with E-state index in [2.05, 4.69) is 26.1 Å². The van der Waals surface area contributed by atoms with Crippen molar-refractivity contribution in [2.24, 2.45) is 16.3 Å². The highest BCUT2D eigenvalue weighted by Crippen LogP contribution is 2.45. The molecule has 1 aromatic carbocycles. The zero-order chi connectivity index (χ0) is 26.9. The van der Waals surface area contributed by atoms with Gasteiger partial charge in [0.2, 0.25) is 0 Å². The van der Waals surface area contributed by atoms with Gasteiger partial charge in [0.25, 0.3) is 5.91 Å². The normalized spacial score (nSPS) is 15.5. The molecule has 3 heterocycles. The number of carboxylic acid groups (broad SMARTS) is 1. The van der Waals surface area contributed by atoms with Gasteiger partial charge < -0.3 is 19.3 Å². The third-order valence-corrected chi connectivity index (χ3v) is 8.19. The van der Waals surface area contributed by atoms with Gasteiger partial charge in [-0.3, -0.25) is 4.79 Å². The highest BCUT2D eigenvalue weighted by molar-refractivity contribution is 7.16. The molecule has 0 fully saturated rings. The Bertz CT molecular complexity index is 1490. The van der Waals surface area contributed by atoms with Crippen LogP contribution < -0.4 is 5.32 Å². The number of rotatable bonds is 7. The van der Waals surface area contributed by atoms with Crippen LogP contribution in [0, 0.1) is 11.3 Å². The molecule has 196 valence electrons. The van der Waals surface area contributed by atoms with Gasteiger partial charge in [0.05, 0.1) is 30.1 Å². The van der Waals surface area contributed by atoms with Crippen LogP contribution in [-0.4, -0.2) is 23.2 Å². The predicted octanol–water partition coefficient (Wildman–Crippen LogP) is 7.13. The molecule has 8 heteroatoms. The minimum Gasteiger partial charge on any atom is -0.478 e. The molecule has 5 rings (SSSR count). The van der Waals surface area contributed by atoms with E-state index in [4.69, 9.17) is 13.8 Å². The minimum atomic E-state index is -0.992. The van der Waals surface area contributed by atoms with Gasteiger partial charge in [0.1, 0.15) is 22.3 Å². The molecule has 2 N–H and O–H groups in total. The lowest BCUT2D eigenvalue weighted by Crippen LogP contribution is -2.28. The van der Waals surface area contributed by atoms with Crippen molar-refractivity contribution in [3.8, 4) is 11.3 Å². The number of nitrogens with one attached hydrogen (secondary N) is 1. The molecule has 0 saturated heterocycles. The Morgan fingerprint density at radius 3 is 2.76 bits per heavy atom. The van der Waals surface area contributed by atoms with Gasteiger partial charge in [0, 0.05) is 10.4 Å². The monoisotopic (exact) mass is 530 g/mol. The summed E-state index contributed by atoms with van der Waals surface area (Å²) in [6, 6.07) is 13.8. The fourth-order valence-corrected chi connectivity index (χ4v) is 6.08. The first-order chi connectivity index (χ1) is 18.2. The molecule has 4 aromatic rings.